The van der Waals surface area contributed by atoms with Crippen molar-refractivity contribution in [3.8, 4) is 5.75 Å². The fourth-order valence-corrected chi connectivity index (χ4v) is 2.42. The summed E-state index contributed by atoms with van der Waals surface area (Å²) >= 11 is 3.61. The Balaban J connectivity index is 3.33. The summed E-state index contributed by atoms with van der Waals surface area (Å²) in [7, 11) is 1.70. The zero-order valence-corrected chi connectivity index (χ0v) is 11.8. The molecule has 0 aromatic heterocycles. The van der Waals surface area contributed by atoms with Gasteiger partial charge in [-0.15, -0.1) is 0 Å². The molecule has 90 valence electrons. The molecule has 0 aliphatic rings. The third-order valence-electron chi connectivity index (χ3n) is 2.96. The maximum absolute atomic E-state index is 5.47. The van der Waals surface area contributed by atoms with Gasteiger partial charge in [0.1, 0.15) is 5.75 Å². The van der Waals surface area contributed by atoms with Crippen LogP contribution in [0.1, 0.15) is 22.3 Å². The summed E-state index contributed by atoms with van der Waals surface area (Å²) in [4.78, 5) is 4.64. The molecule has 1 rings (SSSR count). The first kappa shape index (κ1) is 13.5. The maximum atomic E-state index is 5.47. The lowest BCUT2D eigenvalue weighted by atomic mass is 9.97. The van der Waals surface area contributed by atoms with Gasteiger partial charge in [0.05, 0.1) is 13.7 Å². The van der Waals surface area contributed by atoms with Crippen LogP contribution in [0.2, 0.25) is 0 Å². The summed E-state index contributed by atoms with van der Waals surface area (Å²) in [5.74, 6) is 6.01. The fourth-order valence-electron chi connectivity index (χ4n) is 1.88. The highest BCUT2D eigenvalue weighted by Gasteiger charge is 2.16. The summed E-state index contributed by atoms with van der Waals surface area (Å²) < 4.78 is 6.61. The second-order valence-electron chi connectivity index (χ2n) is 3.82. The lowest BCUT2D eigenvalue weighted by Gasteiger charge is -2.18. The molecule has 0 aliphatic heterocycles. The Morgan fingerprint density at radius 3 is 2.25 bits per heavy atom. The summed E-state index contributed by atoms with van der Waals surface area (Å²) in [5, 5.41) is 0. The van der Waals surface area contributed by atoms with Crippen molar-refractivity contribution in [1.29, 1.82) is 0 Å². The first-order valence-electron chi connectivity index (χ1n) is 5.18. The van der Waals surface area contributed by atoms with Gasteiger partial charge in [-0.1, -0.05) is 15.9 Å². The zero-order valence-electron chi connectivity index (χ0n) is 10.2. The maximum Gasteiger partial charge on any atom is 0.125 e. The van der Waals surface area contributed by atoms with Crippen molar-refractivity contribution in [1.82, 2.24) is 0 Å². The number of nitrogens with two attached hydrogens (primary N) is 1. The van der Waals surface area contributed by atoms with E-state index in [2.05, 4.69) is 41.5 Å². The van der Waals surface area contributed by atoms with Crippen LogP contribution in [0.5, 0.6) is 5.75 Å². The van der Waals surface area contributed by atoms with Gasteiger partial charge in [-0.2, -0.15) is 0 Å². The van der Waals surface area contributed by atoms with Crippen LogP contribution in [-0.2, 0) is 11.3 Å². The van der Waals surface area contributed by atoms with E-state index in [1.807, 2.05) is 0 Å². The monoisotopic (exact) mass is 287 g/mol. The van der Waals surface area contributed by atoms with E-state index in [0.717, 1.165) is 27.8 Å². The molecular weight excluding hydrogens is 270 g/mol. The van der Waals surface area contributed by atoms with Crippen LogP contribution in [0, 0.1) is 20.8 Å². The molecule has 0 bridgehead atoms. The van der Waals surface area contributed by atoms with Crippen molar-refractivity contribution in [2.75, 3.05) is 13.7 Å². The Labute approximate surface area is 105 Å². The molecule has 1 aromatic carbocycles. The molecule has 0 radical (unpaired) electrons. The van der Waals surface area contributed by atoms with E-state index in [1.54, 1.807) is 7.11 Å². The van der Waals surface area contributed by atoms with Gasteiger partial charge in [-0.3, -0.25) is 0 Å². The van der Waals surface area contributed by atoms with Gasteiger partial charge < -0.3 is 9.57 Å². The number of rotatable bonds is 4. The Bertz CT molecular complexity index is 391. The highest BCUT2D eigenvalue weighted by molar-refractivity contribution is 9.10. The lowest BCUT2D eigenvalue weighted by molar-refractivity contribution is 0.140. The third-order valence-corrected chi connectivity index (χ3v) is 4.15. The topological polar surface area (TPSA) is 44.5 Å². The highest BCUT2D eigenvalue weighted by Crippen LogP contribution is 2.36. The molecule has 4 heteroatoms. The molecule has 1 aromatic rings. The van der Waals surface area contributed by atoms with Crippen LogP contribution in [0.25, 0.3) is 0 Å². The van der Waals surface area contributed by atoms with E-state index in [1.165, 1.54) is 11.1 Å². The minimum atomic E-state index is 0.492. The normalized spacial score (nSPS) is 10.6. The molecule has 16 heavy (non-hydrogen) atoms. The lowest BCUT2D eigenvalue weighted by Crippen LogP contribution is -2.08. The largest absolute Gasteiger partial charge is 0.496 e. The number of methoxy groups -OCH3 is 1. The summed E-state index contributed by atoms with van der Waals surface area (Å²) in [6, 6.07) is 0. The minimum Gasteiger partial charge on any atom is -0.496 e. The molecule has 2 N–H and O–H groups in total. The van der Waals surface area contributed by atoms with Crippen LogP contribution in [0.4, 0.5) is 0 Å². The Morgan fingerprint density at radius 2 is 1.75 bits per heavy atom. The van der Waals surface area contributed by atoms with Gasteiger partial charge in [-0.25, -0.2) is 5.90 Å². The minimum absolute atomic E-state index is 0.492. The van der Waals surface area contributed by atoms with Crippen molar-refractivity contribution in [2.45, 2.75) is 27.2 Å². The van der Waals surface area contributed by atoms with Gasteiger partial charge in [-0.05, 0) is 37.5 Å². The van der Waals surface area contributed by atoms with Gasteiger partial charge in [0.25, 0.3) is 0 Å². The van der Waals surface area contributed by atoms with E-state index >= 15 is 0 Å². The summed E-state index contributed by atoms with van der Waals surface area (Å²) in [5.41, 5.74) is 4.72. The van der Waals surface area contributed by atoms with Crippen LogP contribution in [0.3, 0.4) is 0 Å². The molecule has 0 aliphatic carbocycles. The van der Waals surface area contributed by atoms with Gasteiger partial charge >= 0.3 is 0 Å². The van der Waals surface area contributed by atoms with E-state index in [9.17, 15) is 0 Å². The van der Waals surface area contributed by atoms with Crippen LogP contribution < -0.4 is 10.6 Å². The molecule has 0 heterocycles. The van der Waals surface area contributed by atoms with Crippen molar-refractivity contribution >= 4 is 15.9 Å². The van der Waals surface area contributed by atoms with E-state index in [-0.39, 0.29) is 0 Å². The van der Waals surface area contributed by atoms with Gasteiger partial charge in [0.15, 0.2) is 0 Å². The van der Waals surface area contributed by atoms with Crippen molar-refractivity contribution < 1.29 is 9.57 Å². The molecule has 0 fully saturated rings. The zero-order chi connectivity index (χ0) is 12.3. The smallest absolute Gasteiger partial charge is 0.125 e. The number of halogens is 1. The average molecular weight is 288 g/mol. The third kappa shape index (κ3) is 2.39. The molecule has 0 saturated carbocycles. The molecule has 0 spiro atoms. The van der Waals surface area contributed by atoms with Gasteiger partial charge in [0, 0.05) is 16.5 Å². The molecule has 0 amide bonds. The molecular formula is C12H18BrNO2. The second kappa shape index (κ2) is 5.66. The van der Waals surface area contributed by atoms with Crippen molar-refractivity contribution in [2.24, 2.45) is 5.90 Å². The standard InChI is InChI=1S/C12H18BrNO2/c1-7-8(2)12(15-4)10(5-6-16-14)9(3)11(7)13/h5-6,14H2,1-4H3. The predicted octanol–water partition coefficient (Wildman–Crippen LogP) is 2.82. The Hall–Kier alpha value is -0.580. The molecule has 3 nitrogen and oxygen atoms in total. The molecule has 0 saturated heterocycles. The van der Waals surface area contributed by atoms with Crippen LogP contribution >= 0.6 is 15.9 Å². The number of hydrogen-bond acceptors (Lipinski definition) is 3. The van der Waals surface area contributed by atoms with E-state index in [0.29, 0.717) is 6.61 Å². The number of benzene rings is 1. The Kier molecular flexibility index (Phi) is 4.77. The van der Waals surface area contributed by atoms with Crippen LogP contribution in [0.15, 0.2) is 4.47 Å². The second-order valence-corrected chi connectivity index (χ2v) is 4.61. The SMILES string of the molecule is COc1c(C)c(C)c(Br)c(C)c1CCON. The van der Waals surface area contributed by atoms with Crippen molar-refractivity contribution in [3.63, 3.8) is 0 Å². The number of hydrogen-bond donors (Lipinski definition) is 1. The molecule has 0 atom stereocenters. The van der Waals surface area contributed by atoms with E-state index in [4.69, 9.17) is 10.6 Å². The highest BCUT2D eigenvalue weighted by atomic mass is 79.9. The first-order valence-corrected chi connectivity index (χ1v) is 5.97. The fraction of sp³-hybridized carbons (Fsp3) is 0.500. The predicted molar refractivity (Wildman–Crippen MR) is 68.7 cm³/mol. The summed E-state index contributed by atoms with van der Waals surface area (Å²) in [6.07, 6.45) is 0.755. The van der Waals surface area contributed by atoms with E-state index < -0.39 is 0 Å². The quantitative estimate of drug-likeness (QED) is 0.866. The van der Waals surface area contributed by atoms with Gasteiger partial charge in [0.2, 0.25) is 0 Å². The average Bonchev–Trinajstić information content (AvgIpc) is 2.29. The summed E-state index contributed by atoms with van der Waals surface area (Å²) in [6.45, 7) is 6.71. The molecule has 0 unspecified atom stereocenters. The number of ether oxygens (including phenoxy) is 1. The van der Waals surface area contributed by atoms with Crippen LogP contribution in [-0.4, -0.2) is 13.7 Å². The first-order chi connectivity index (χ1) is 7.54. The Morgan fingerprint density at radius 1 is 1.12 bits per heavy atom. The van der Waals surface area contributed by atoms with Crippen molar-refractivity contribution in [3.05, 3.63) is 26.7 Å².